The van der Waals surface area contributed by atoms with E-state index in [0.717, 1.165) is 6.54 Å². The molecule has 0 atom stereocenters. The molecule has 0 unspecified atom stereocenters. The molecule has 0 rings (SSSR count). The maximum absolute atomic E-state index is 6.50. The topological polar surface area (TPSA) is 35.8 Å². The third-order valence-electron chi connectivity index (χ3n) is 1.35. The summed E-state index contributed by atoms with van der Waals surface area (Å²) in [5.74, 6) is 0. The second-order valence-corrected chi connectivity index (χ2v) is 2.26. The van der Waals surface area contributed by atoms with Crippen LogP contribution in [0.3, 0.4) is 0 Å². The number of nitrogens with one attached hydrogen (secondary N) is 1. The number of hydrogen-bond donors (Lipinski definition) is 1. The molecule has 0 saturated carbocycles. The van der Waals surface area contributed by atoms with Crippen LogP contribution in [0.1, 0.15) is 34.6 Å². The first-order valence-corrected chi connectivity index (χ1v) is 5.52. The summed E-state index contributed by atoms with van der Waals surface area (Å²) < 4.78 is 0. The molecular formula is C14H28N2. The van der Waals surface area contributed by atoms with E-state index in [1.807, 2.05) is 66.0 Å². The summed E-state index contributed by atoms with van der Waals surface area (Å²) in [6.07, 6.45) is 7.90. The first-order valence-electron chi connectivity index (χ1n) is 5.52. The van der Waals surface area contributed by atoms with Gasteiger partial charge < -0.3 is 5.32 Å². The van der Waals surface area contributed by atoms with Crippen LogP contribution in [0.4, 0.5) is 0 Å². The zero-order chi connectivity index (χ0) is 13.8. The van der Waals surface area contributed by atoms with Crippen molar-refractivity contribution in [2.24, 2.45) is 0 Å². The van der Waals surface area contributed by atoms with E-state index in [9.17, 15) is 0 Å². The van der Waals surface area contributed by atoms with Crippen molar-refractivity contribution < 1.29 is 0 Å². The Hall–Kier alpha value is -1.33. The third kappa shape index (κ3) is 38.8. The molecule has 1 N–H and O–H groups in total. The van der Waals surface area contributed by atoms with E-state index in [0.29, 0.717) is 0 Å². The molecule has 16 heavy (non-hydrogen) atoms. The second-order valence-electron chi connectivity index (χ2n) is 2.26. The molecule has 0 aromatic carbocycles. The normalized spacial score (nSPS) is 8.62. The number of nitrogens with zero attached hydrogens (tertiary/aromatic N) is 1. The van der Waals surface area contributed by atoms with Crippen molar-refractivity contribution in [3.63, 3.8) is 0 Å². The Morgan fingerprint density at radius 1 is 1.19 bits per heavy atom. The maximum Gasteiger partial charge on any atom is 0.0462 e. The van der Waals surface area contributed by atoms with Gasteiger partial charge >= 0.3 is 0 Å². The summed E-state index contributed by atoms with van der Waals surface area (Å²) in [4.78, 5) is 0. The molecule has 0 amide bonds. The van der Waals surface area contributed by atoms with Gasteiger partial charge in [0.25, 0.3) is 0 Å². The highest BCUT2D eigenvalue weighted by molar-refractivity contribution is 5.16. The number of likely N-dealkylation sites (N-methyl/N-ethyl adjacent to an activating group) is 1. The lowest BCUT2D eigenvalue weighted by Crippen LogP contribution is -2.08. The van der Waals surface area contributed by atoms with E-state index in [4.69, 9.17) is 5.26 Å². The van der Waals surface area contributed by atoms with Gasteiger partial charge in [0.05, 0.1) is 0 Å². The van der Waals surface area contributed by atoms with Gasteiger partial charge in [0.1, 0.15) is 0 Å². The Balaban J connectivity index is -0.0000000761. The number of allylic oxidation sites excluding steroid dienone is 3. The van der Waals surface area contributed by atoms with Gasteiger partial charge in [0.2, 0.25) is 0 Å². The monoisotopic (exact) mass is 224 g/mol. The highest BCUT2D eigenvalue weighted by Gasteiger charge is 1.82. The molecule has 0 bridgehead atoms. The van der Waals surface area contributed by atoms with Crippen molar-refractivity contribution in [2.75, 3.05) is 13.6 Å². The van der Waals surface area contributed by atoms with Crippen LogP contribution in [0, 0.1) is 11.8 Å². The largest absolute Gasteiger partial charge is 0.316 e. The van der Waals surface area contributed by atoms with Crippen LogP contribution in [0.5, 0.6) is 0 Å². The van der Waals surface area contributed by atoms with Gasteiger partial charge in [-0.3, -0.25) is 0 Å². The van der Waals surface area contributed by atoms with Crippen LogP contribution in [-0.4, -0.2) is 13.6 Å². The molecule has 0 aromatic rings. The maximum atomic E-state index is 6.50. The van der Waals surface area contributed by atoms with E-state index in [1.54, 1.807) is 0 Å². The number of nitriles is 1. The highest BCUT2D eigenvalue weighted by Crippen LogP contribution is 1.89. The summed E-state index contributed by atoms with van der Waals surface area (Å²) in [5, 5.41) is 9.53. The molecule has 0 heterocycles. The number of rotatable bonds is 3. The van der Waals surface area contributed by atoms with E-state index in [2.05, 4.69) is 18.5 Å². The van der Waals surface area contributed by atoms with Crippen LogP contribution >= 0.6 is 0 Å². The predicted octanol–water partition coefficient (Wildman–Crippen LogP) is 4.09. The predicted molar refractivity (Wildman–Crippen MR) is 76.4 cm³/mol. The van der Waals surface area contributed by atoms with Gasteiger partial charge in [-0.25, -0.2) is 5.26 Å². The molecular weight excluding hydrogens is 196 g/mol. The van der Waals surface area contributed by atoms with E-state index in [-0.39, 0.29) is 0 Å². The van der Waals surface area contributed by atoms with Crippen molar-refractivity contribution >= 4 is 0 Å². The van der Waals surface area contributed by atoms with Crippen LogP contribution in [0.2, 0.25) is 0 Å². The van der Waals surface area contributed by atoms with Crippen LogP contribution in [0.25, 0.3) is 0 Å². The van der Waals surface area contributed by atoms with Gasteiger partial charge in [0.15, 0.2) is 0 Å². The molecule has 0 aliphatic heterocycles. The molecule has 2 nitrogen and oxygen atoms in total. The zero-order valence-electron chi connectivity index (χ0n) is 11.7. The molecule has 0 saturated heterocycles. The van der Waals surface area contributed by atoms with E-state index >= 15 is 0 Å². The Kier molecular flexibility index (Phi) is 56.1. The minimum atomic E-state index is 0.917. The summed E-state index contributed by atoms with van der Waals surface area (Å²) >= 11 is 0. The summed E-state index contributed by atoms with van der Waals surface area (Å²) in [7, 11) is 1.92. The smallest absolute Gasteiger partial charge is 0.0462 e. The highest BCUT2D eigenvalue weighted by atomic mass is 14.8. The molecule has 94 valence electrons. The molecule has 0 radical (unpaired) electrons. The van der Waals surface area contributed by atoms with Crippen molar-refractivity contribution in [3.8, 4) is 6.57 Å². The molecule has 0 aliphatic carbocycles. The van der Waals surface area contributed by atoms with Crippen LogP contribution in [-0.2, 0) is 0 Å². The van der Waals surface area contributed by atoms with E-state index < -0.39 is 0 Å². The van der Waals surface area contributed by atoms with Crippen molar-refractivity contribution in [2.45, 2.75) is 34.6 Å². The second kappa shape index (κ2) is 37.3. The lowest BCUT2D eigenvalue weighted by atomic mass is 10.2. The summed E-state index contributed by atoms with van der Waals surface area (Å²) in [6, 6.07) is 0. The molecule has 0 fully saturated rings. The zero-order valence-corrected chi connectivity index (χ0v) is 11.7. The van der Waals surface area contributed by atoms with E-state index in [1.165, 1.54) is 5.57 Å². The lowest BCUT2D eigenvalue weighted by molar-refractivity contribution is 0.894. The third-order valence-corrected chi connectivity index (χ3v) is 1.35. The van der Waals surface area contributed by atoms with Crippen molar-refractivity contribution in [1.29, 1.82) is 5.26 Å². The van der Waals surface area contributed by atoms with Crippen LogP contribution in [0.15, 0.2) is 36.5 Å². The Labute approximate surface area is 102 Å². The minimum absolute atomic E-state index is 0.917. The number of hydrogen-bond acceptors (Lipinski definition) is 2. The first kappa shape index (κ1) is 24.1. The van der Waals surface area contributed by atoms with Crippen molar-refractivity contribution in [1.82, 2.24) is 5.32 Å². The Morgan fingerprint density at radius 3 is 1.62 bits per heavy atom. The Bertz CT molecular complexity index is 172. The summed E-state index contributed by atoms with van der Waals surface area (Å²) in [6.45, 7) is 18.1. The average Bonchev–Trinajstić information content (AvgIpc) is 2.41. The van der Waals surface area contributed by atoms with Gasteiger partial charge in [-0.05, 0) is 33.4 Å². The fraction of sp³-hybridized carbons (Fsp3) is 0.500. The molecule has 0 aliphatic rings. The standard InChI is InChI=1S/C7H13N.C4H8.C2H6.CHN/c1-4-7(5-2)6-8-3;1-3-4-2;2*1-2/h4-5,8H,1,6H2,2-3H3;3-4H,1-2H3;1-2H3;1H/b7-5-;4-3-;;. The van der Waals surface area contributed by atoms with Gasteiger partial charge in [0, 0.05) is 13.1 Å². The fourth-order valence-electron chi connectivity index (χ4n) is 0.496. The fourth-order valence-corrected chi connectivity index (χ4v) is 0.496. The molecule has 0 spiro atoms. The van der Waals surface area contributed by atoms with Gasteiger partial charge in [-0.1, -0.05) is 44.7 Å². The first-order chi connectivity index (χ1) is 7.76. The van der Waals surface area contributed by atoms with Crippen molar-refractivity contribution in [3.05, 3.63) is 36.5 Å². The van der Waals surface area contributed by atoms with Gasteiger partial charge in [-0.15, -0.1) is 0 Å². The molecule has 2 heteroatoms. The van der Waals surface area contributed by atoms with Gasteiger partial charge in [-0.2, -0.15) is 0 Å². The molecule has 0 aromatic heterocycles. The SMILES string of the molecule is C#N.C/C=C\C.C=C/C(=C/C)CNC.CC. The Morgan fingerprint density at radius 2 is 1.56 bits per heavy atom. The quantitative estimate of drug-likeness (QED) is 0.579. The van der Waals surface area contributed by atoms with Crippen LogP contribution < -0.4 is 5.32 Å². The lowest BCUT2D eigenvalue weighted by Gasteiger charge is -1.95. The minimum Gasteiger partial charge on any atom is -0.316 e. The summed E-state index contributed by atoms with van der Waals surface area (Å²) in [5.41, 5.74) is 1.24. The average molecular weight is 224 g/mol.